The van der Waals surface area contributed by atoms with E-state index in [1.54, 1.807) is 6.07 Å². The Bertz CT molecular complexity index is 1190. The SMILES string of the molecule is O=C(c1csc(-c2ccc(Cl)s2)n1)N1CCC(c2nc3cc(Cl)ccc3o2)CC1. The Morgan fingerprint density at radius 1 is 1.14 bits per heavy atom. The molecule has 0 unspecified atom stereocenters. The molecule has 1 aliphatic rings. The summed E-state index contributed by atoms with van der Waals surface area (Å²) in [5.41, 5.74) is 2.01. The lowest BCUT2D eigenvalue weighted by molar-refractivity contribution is 0.0701. The minimum absolute atomic E-state index is 0.0297. The molecule has 0 atom stereocenters. The number of aromatic nitrogens is 2. The van der Waals surface area contributed by atoms with Crippen LogP contribution in [0, 0.1) is 0 Å². The Balaban J connectivity index is 1.26. The highest BCUT2D eigenvalue weighted by Gasteiger charge is 2.28. The Labute approximate surface area is 184 Å². The van der Waals surface area contributed by atoms with Crippen LogP contribution in [0.1, 0.15) is 35.1 Å². The van der Waals surface area contributed by atoms with Gasteiger partial charge in [-0.25, -0.2) is 9.97 Å². The van der Waals surface area contributed by atoms with Crippen LogP contribution < -0.4 is 0 Å². The second-order valence-electron chi connectivity index (χ2n) is 6.87. The van der Waals surface area contributed by atoms with Crippen LogP contribution >= 0.6 is 45.9 Å². The summed E-state index contributed by atoms with van der Waals surface area (Å²) in [5, 5.41) is 3.29. The fourth-order valence-electron chi connectivity index (χ4n) is 3.50. The van der Waals surface area contributed by atoms with Crippen LogP contribution in [0.5, 0.6) is 0 Å². The highest BCUT2D eigenvalue weighted by molar-refractivity contribution is 7.23. The minimum Gasteiger partial charge on any atom is -0.440 e. The molecule has 0 spiro atoms. The van der Waals surface area contributed by atoms with Crippen molar-refractivity contribution in [1.82, 2.24) is 14.9 Å². The van der Waals surface area contributed by atoms with Gasteiger partial charge in [0.2, 0.25) is 0 Å². The second-order valence-corrected chi connectivity index (χ2v) is 9.88. The molecule has 4 heterocycles. The van der Waals surface area contributed by atoms with Gasteiger partial charge < -0.3 is 9.32 Å². The van der Waals surface area contributed by atoms with Gasteiger partial charge in [0.05, 0.1) is 9.21 Å². The molecule has 5 rings (SSSR count). The normalized spacial score (nSPS) is 15.3. The summed E-state index contributed by atoms with van der Waals surface area (Å²) in [6.45, 7) is 1.31. The third-order valence-electron chi connectivity index (χ3n) is 5.00. The van der Waals surface area contributed by atoms with Crippen molar-refractivity contribution in [1.29, 1.82) is 0 Å². The Kier molecular flexibility index (Phi) is 5.07. The number of carbonyl (C=O) groups is 1. The molecule has 1 aliphatic heterocycles. The van der Waals surface area contributed by atoms with E-state index in [0.29, 0.717) is 28.1 Å². The van der Waals surface area contributed by atoms with E-state index in [9.17, 15) is 4.79 Å². The monoisotopic (exact) mass is 463 g/mol. The van der Waals surface area contributed by atoms with Crippen molar-refractivity contribution in [2.45, 2.75) is 18.8 Å². The number of benzene rings is 1. The number of amides is 1. The van der Waals surface area contributed by atoms with Gasteiger partial charge in [0.25, 0.3) is 5.91 Å². The number of hydrogen-bond donors (Lipinski definition) is 0. The summed E-state index contributed by atoms with van der Waals surface area (Å²) >= 11 is 15.0. The fourth-order valence-corrected chi connectivity index (χ4v) is 5.57. The molecule has 0 aliphatic carbocycles. The van der Waals surface area contributed by atoms with Crippen LogP contribution in [0.3, 0.4) is 0 Å². The molecule has 0 N–H and O–H groups in total. The first kappa shape index (κ1) is 19.1. The summed E-state index contributed by atoms with van der Waals surface area (Å²) < 4.78 is 6.62. The highest BCUT2D eigenvalue weighted by Crippen LogP contribution is 2.34. The van der Waals surface area contributed by atoms with Crippen LogP contribution in [0.4, 0.5) is 0 Å². The number of oxazole rings is 1. The number of fused-ring (bicyclic) bond motifs is 1. The van der Waals surface area contributed by atoms with Gasteiger partial charge in [0, 0.05) is 29.4 Å². The summed E-state index contributed by atoms with van der Waals surface area (Å²) in [4.78, 5) is 24.8. The predicted octanol–water partition coefficient (Wildman–Crippen LogP) is 6.34. The van der Waals surface area contributed by atoms with Crippen LogP contribution in [0.25, 0.3) is 21.0 Å². The summed E-state index contributed by atoms with van der Waals surface area (Å²) in [5.74, 6) is 0.891. The van der Waals surface area contributed by atoms with E-state index in [1.165, 1.54) is 22.7 Å². The van der Waals surface area contributed by atoms with Crippen molar-refractivity contribution < 1.29 is 9.21 Å². The minimum atomic E-state index is -0.0297. The predicted molar refractivity (Wildman–Crippen MR) is 117 cm³/mol. The average Bonchev–Trinajstić information content (AvgIpc) is 3.46. The van der Waals surface area contributed by atoms with E-state index >= 15 is 0 Å². The van der Waals surface area contributed by atoms with Crippen molar-refractivity contribution in [3.8, 4) is 9.88 Å². The van der Waals surface area contributed by atoms with E-state index in [0.717, 1.165) is 39.7 Å². The number of thiophene rings is 1. The first-order valence-corrected chi connectivity index (χ1v) is 11.6. The molecule has 3 aromatic heterocycles. The number of likely N-dealkylation sites (tertiary alicyclic amines) is 1. The first-order valence-electron chi connectivity index (χ1n) is 9.13. The standard InChI is InChI=1S/C20H15Cl2N3O2S2/c21-12-1-2-15-13(9-12)23-18(27-15)11-5-7-25(8-6-11)20(26)14-10-28-19(24-14)16-3-4-17(22)29-16/h1-4,9-11H,5-8H2. The van der Waals surface area contributed by atoms with Gasteiger partial charge >= 0.3 is 0 Å². The zero-order chi connectivity index (χ0) is 20.0. The number of carbonyl (C=O) groups excluding carboxylic acids is 1. The Morgan fingerprint density at radius 3 is 2.72 bits per heavy atom. The number of hydrogen-bond acceptors (Lipinski definition) is 6. The summed E-state index contributed by atoms with van der Waals surface area (Å²) in [6.07, 6.45) is 1.62. The lowest BCUT2D eigenvalue weighted by atomic mass is 9.96. The molecular formula is C20H15Cl2N3O2S2. The molecule has 0 saturated carbocycles. The summed E-state index contributed by atoms with van der Waals surface area (Å²) in [7, 11) is 0. The van der Waals surface area contributed by atoms with Gasteiger partial charge in [-0.1, -0.05) is 23.2 Å². The van der Waals surface area contributed by atoms with Gasteiger partial charge in [-0.15, -0.1) is 22.7 Å². The van der Waals surface area contributed by atoms with Crippen molar-refractivity contribution in [2.75, 3.05) is 13.1 Å². The molecule has 1 fully saturated rings. The van der Waals surface area contributed by atoms with E-state index in [4.69, 9.17) is 27.6 Å². The van der Waals surface area contributed by atoms with Crippen molar-refractivity contribution in [2.24, 2.45) is 0 Å². The van der Waals surface area contributed by atoms with Gasteiger partial charge in [0.15, 0.2) is 11.5 Å². The molecule has 4 aromatic rings. The van der Waals surface area contributed by atoms with Crippen molar-refractivity contribution in [3.63, 3.8) is 0 Å². The number of halogens is 2. The van der Waals surface area contributed by atoms with Gasteiger partial charge in [0.1, 0.15) is 16.2 Å². The zero-order valence-electron chi connectivity index (χ0n) is 15.1. The lowest BCUT2D eigenvalue weighted by Crippen LogP contribution is -2.38. The molecular weight excluding hydrogens is 449 g/mol. The lowest BCUT2D eigenvalue weighted by Gasteiger charge is -2.30. The quantitative estimate of drug-likeness (QED) is 0.355. The first-order chi connectivity index (χ1) is 14.1. The number of rotatable bonds is 3. The molecule has 1 saturated heterocycles. The molecule has 1 aromatic carbocycles. The molecule has 9 heteroatoms. The highest BCUT2D eigenvalue weighted by atomic mass is 35.5. The topological polar surface area (TPSA) is 59.2 Å². The Morgan fingerprint density at radius 2 is 1.97 bits per heavy atom. The molecule has 29 heavy (non-hydrogen) atoms. The zero-order valence-corrected chi connectivity index (χ0v) is 18.2. The smallest absolute Gasteiger partial charge is 0.273 e. The summed E-state index contributed by atoms with van der Waals surface area (Å²) in [6, 6.07) is 9.22. The molecule has 148 valence electrons. The van der Waals surface area contributed by atoms with Crippen molar-refractivity contribution >= 4 is 62.9 Å². The van der Waals surface area contributed by atoms with E-state index < -0.39 is 0 Å². The molecule has 5 nitrogen and oxygen atoms in total. The largest absolute Gasteiger partial charge is 0.440 e. The molecule has 0 bridgehead atoms. The second kappa shape index (κ2) is 7.72. The van der Waals surface area contributed by atoms with Gasteiger partial charge in [-0.2, -0.15) is 0 Å². The van der Waals surface area contributed by atoms with Crippen LogP contribution in [0.15, 0.2) is 40.1 Å². The van der Waals surface area contributed by atoms with E-state index in [-0.39, 0.29) is 11.8 Å². The Hall–Kier alpha value is -1.93. The maximum Gasteiger partial charge on any atom is 0.273 e. The number of thiazole rings is 1. The maximum absolute atomic E-state index is 12.9. The third-order valence-corrected chi connectivity index (χ3v) is 7.48. The van der Waals surface area contributed by atoms with E-state index in [2.05, 4.69) is 9.97 Å². The van der Waals surface area contributed by atoms with Crippen LogP contribution in [-0.2, 0) is 0 Å². The van der Waals surface area contributed by atoms with Crippen molar-refractivity contribution in [3.05, 3.63) is 56.7 Å². The number of piperidine rings is 1. The average molecular weight is 464 g/mol. The number of nitrogens with zero attached hydrogens (tertiary/aromatic N) is 3. The molecule has 0 radical (unpaired) electrons. The fraction of sp³-hybridized carbons (Fsp3) is 0.250. The van der Waals surface area contributed by atoms with Crippen LogP contribution in [-0.4, -0.2) is 33.9 Å². The van der Waals surface area contributed by atoms with Crippen LogP contribution in [0.2, 0.25) is 9.36 Å². The van der Waals surface area contributed by atoms with E-state index in [1.807, 2.05) is 34.5 Å². The van der Waals surface area contributed by atoms with Gasteiger partial charge in [-0.3, -0.25) is 4.79 Å². The maximum atomic E-state index is 12.9. The van der Waals surface area contributed by atoms with Gasteiger partial charge in [-0.05, 0) is 43.2 Å². The third kappa shape index (κ3) is 3.80. The molecule has 1 amide bonds.